The summed E-state index contributed by atoms with van der Waals surface area (Å²) in [5.41, 5.74) is 0.656. The molecule has 2 heteroatoms. The minimum atomic E-state index is -1.08. The number of hydrogen-bond acceptors (Lipinski definition) is 2. The van der Waals surface area contributed by atoms with Crippen LogP contribution in [0, 0.1) is 40.9 Å². The third kappa shape index (κ3) is 1.45. The molecule has 0 radical (unpaired) electrons. The average molecular weight is 234 g/mol. The number of hydrogen-bond donors (Lipinski definition) is 0. The van der Waals surface area contributed by atoms with E-state index in [4.69, 9.17) is 9.90 Å². The van der Waals surface area contributed by atoms with Gasteiger partial charge in [-0.25, -0.2) is 0 Å². The van der Waals surface area contributed by atoms with Crippen LogP contribution in [0.3, 0.4) is 0 Å². The molecule has 0 spiro atoms. The Hall–Kier alpha value is -0.660. The van der Waals surface area contributed by atoms with Crippen molar-refractivity contribution in [2.45, 2.75) is 46.5 Å². The summed E-state index contributed by atoms with van der Waals surface area (Å²) in [6, 6.07) is 0. The van der Waals surface area contributed by atoms with Crippen LogP contribution in [-0.2, 0) is 4.79 Å². The molecular formula is C15H22O2. The molecule has 6 bridgehead atoms. The van der Waals surface area contributed by atoms with Gasteiger partial charge in [0.1, 0.15) is 23.2 Å². The van der Waals surface area contributed by atoms with Crippen molar-refractivity contribution in [3.63, 3.8) is 0 Å². The SMILES string of the molecule is CC(=O)[O-].CC1(C)[C+]2[C@H]3C[C@@H]4C[C@H](C3)C1[C@H]2C4. The number of aliphatic carboxylic acids is 1. The van der Waals surface area contributed by atoms with E-state index >= 15 is 0 Å². The largest absolute Gasteiger partial charge is 0.550 e. The van der Waals surface area contributed by atoms with Gasteiger partial charge < -0.3 is 9.90 Å². The highest BCUT2D eigenvalue weighted by molar-refractivity contribution is 5.60. The van der Waals surface area contributed by atoms with Crippen molar-refractivity contribution in [3.8, 4) is 0 Å². The van der Waals surface area contributed by atoms with Gasteiger partial charge in [0.15, 0.2) is 0 Å². The van der Waals surface area contributed by atoms with Crippen LogP contribution in [0.4, 0.5) is 0 Å². The summed E-state index contributed by atoms with van der Waals surface area (Å²) in [4.78, 5) is 8.89. The highest BCUT2D eigenvalue weighted by Gasteiger charge is 2.78. The number of carboxylic acid groups (broad SMARTS) is 1. The quantitative estimate of drug-likeness (QED) is 0.602. The molecule has 94 valence electrons. The van der Waals surface area contributed by atoms with Crippen LogP contribution in [0.15, 0.2) is 0 Å². The molecule has 0 saturated heterocycles. The summed E-state index contributed by atoms with van der Waals surface area (Å²) in [5, 5.41) is 8.89. The van der Waals surface area contributed by atoms with Gasteiger partial charge in [-0.1, -0.05) is 0 Å². The molecule has 6 rings (SSSR count). The van der Waals surface area contributed by atoms with Gasteiger partial charge in [-0.3, -0.25) is 0 Å². The Morgan fingerprint density at radius 2 is 1.88 bits per heavy atom. The standard InChI is InChI=1S/C13H19.C2H4O2/c1-13(2)11-8-3-7-4-9(6-8)12(13)10(11)5-7;1-2(3)4/h7-11H,3-6H2,1-2H3;1H3,(H,3,4)/q+1;/p-1/t7-,8+,9-,10+,11?;/m0./s1. The first-order valence-electron chi connectivity index (χ1n) is 6.96. The minimum absolute atomic E-state index is 0.656. The van der Waals surface area contributed by atoms with Crippen LogP contribution in [0.5, 0.6) is 0 Å². The predicted molar refractivity (Wildman–Crippen MR) is 63.6 cm³/mol. The van der Waals surface area contributed by atoms with Gasteiger partial charge in [0.05, 0.1) is 5.92 Å². The van der Waals surface area contributed by atoms with E-state index in [-0.39, 0.29) is 0 Å². The first-order chi connectivity index (χ1) is 7.91. The lowest BCUT2D eigenvalue weighted by atomic mass is 9.30. The van der Waals surface area contributed by atoms with E-state index in [0.29, 0.717) is 5.41 Å². The monoisotopic (exact) mass is 234 g/mol. The first-order valence-corrected chi connectivity index (χ1v) is 6.96. The third-order valence-electron chi connectivity index (χ3n) is 5.79. The van der Waals surface area contributed by atoms with Crippen molar-refractivity contribution in [1.29, 1.82) is 0 Å². The molecule has 6 fully saturated rings. The number of carbonyl (C=O) groups is 1. The van der Waals surface area contributed by atoms with E-state index in [1.807, 2.05) is 5.92 Å². The van der Waals surface area contributed by atoms with Crippen LogP contribution in [-0.4, -0.2) is 5.97 Å². The van der Waals surface area contributed by atoms with E-state index < -0.39 is 5.97 Å². The van der Waals surface area contributed by atoms with Crippen molar-refractivity contribution in [1.82, 2.24) is 0 Å². The van der Waals surface area contributed by atoms with Crippen molar-refractivity contribution in [2.75, 3.05) is 0 Å². The highest BCUT2D eigenvalue weighted by atomic mass is 16.4. The van der Waals surface area contributed by atoms with Crippen LogP contribution >= 0.6 is 0 Å². The number of carboxylic acids is 1. The second-order valence-corrected chi connectivity index (χ2v) is 7.07. The van der Waals surface area contributed by atoms with Crippen LogP contribution in [0.1, 0.15) is 46.5 Å². The van der Waals surface area contributed by atoms with Gasteiger partial charge >= 0.3 is 0 Å². The third-order valence-corrected chi connectivity index (χ3v) is 5.79. The number of rotatable bonds is 0. The fourth-order valence-electron chi connectivity index (χ4n) is 5.87. The van der Waals surface area contributed by atoms with Gasteiger partial charge in [0, 0.05) is 5.97 Å². The Balaban J connectivity index is 0.000000201. The van der Waals surface area contributed by atoms with Crippen molar-refractivity contribution in [3.05, 3.63) is 5.92 Å². The summed E-state index contributed by atoms with van der Waals surface area (Å²) in [6.45, 7) is 6.02. The lowest BCUT2D eigenvalue weighted by Crippen LogP contribution is -2.67. The Kier molecular flexibility index (Phi) is 2.30. The topological polar surface area (TPSA) is 40.1 Å². The fraction of sp³-hybridized carbons (Fsp3) is 0.867. The number of carbonyl (C=O) groups excluding carboxylic acids is 1. The molecule has 6 aliphatic rings. The van der Waals surface area contributed by atoms with Gasteiger partial charge in [0.25, 0.3) is 0 Å². The Bertz CT molecular complexity index is 302. The molecule has 0 amide bonds. The lowest BCUT2D eigenvalue weighted by molar-refractivity contribution is -0.302. The molecule has 6 saturated carbocycles. The Morgan fingerprint density at radius 3 is 2.41 bits per heavy atom. The minimum Gasteiger partial charge on any atom is -0.550 e. The normalized spacial score (nSPS) is 47.0. The van der Waals surface area contributed by atoms with Gasteiger partial charge in [-0.15, -0.1) is 0 Å². The second-order valence-electron chi connectivity index (χ2n) is 7.07. The molecular weight excluding hydrogens is 212 g/mol. The summed E-state index contributed by atoms with van der Waals surface area (Å²) >= 11 is 0. The van der Waals surface area contributed by atoms with Crippen molar-refractivity contribution >= 4 is 5.97 Å². The molecule has 0 aromatic heterocycles. The summed E-state index contributed by atoms with van der Waals surface area (Å²) in [7, 11) is 0. The maximum Gasteiger partial charge on any atom is 0.113 e. The highest BCUT2D eigenvalue weighted by Crippen LogP contribution is 2.76. The smallest absolute Gasteiger partial charge is 0.113 e. The van der Waals surface area contributed by atoms with Crippen LogP contribution in [0.2, 0.25) is 0 Å². The molecule has 2 nitrogen and oxygen atoms in total. The van der Waals surface area contributed by atoms with E-state index in [2.05, 4.69) is 13.8 Å². The van der Waals surface area contributed by atoms with E-state index in [9.17, 15) is 0 Å². The predicted octanol–water partition coefficient (Wildman–Crippen LogP) is 2.04. The van der Waals surface area contributed by atoms with Gasteiger partial charge in [0.2, 0.25) is 0 Å². The summed E-state index contributed by atoms with van der Waals surface area (Å²) < 4.78 is 0. The maximum atomic E-state index is 8.89. The molecule has 0 heterocycles. The second kappa shape index (κ2) is 3.43. The Labute approximate surface area is 104 Å². The van der Waals surface area contributed by atoms with E-state index in [0.717, 1.165) is 36.5 Å². The Morgan fingerprint density at radius 1 is 1.24 bits per heavy atom. The zero-order valence-corrected chi connectivity index (χ0v) is 11.0. The zero-order valence-electron chi connectivity index (χ0n) is 11.0. The molecule has 5 atom stereocenters. The molecule has 6 aliphatic carbocycles. The first kappa shape index (κ1) is 11.4. The van der Waals surface area contributed by atoms with Crippen LogP contribution in [0.25, 0.3) is 0 Å². The summed E-state index contributed by atoms with van der Waals surface area (Å²) in [5.74, 6) is 6.48. The molecule has 1 unspecified atom stereocenters. The van der Waals surface area contributed by atoms with Crippen molar-refractivity contribution < 1.29 is 9.90 Å². The fourth-order valence-corrected chi connectivity index (χ4v) is 5.87. The van der Waals surface area contributed by atoms with Crippen molar-refractivity contribution in [2.24, 2.45) is 35.0 Å². The maximum absolute atomic E-state index is 8.89. The lowest BCUT2D eigenvalue weighted by Gasteiger charge is -2.66. The molecule has 0 aromatic rings. The van der Waals surface area contributed by atoms with Crippen LogP contribution < -0.4 is 5.11 Å². The molecule has 0 aliphatic heterocycles. The zero-order chi connectivity index (χ0) is 12.4. The van der Waals surface area contributed by atoms with Gasteiger partial charge in [-0.2, -0.15) is 0 Å². The summed E-state index contributed by atoms with van der Waals surface area (Å²) in [6.07, 6.45) is 6.32. The molecule has 0 N–H and O–H groups in total. The van der Waals surface area contributed by atoms with E-state index in [1.54, 1.807) is 25.7 Å². The van der Waals surface area contributed by atoms with E-state index in [1.165, 1.54) is 0 Å². The molecule has 17 heavy (non-hydrogen) atoms. The van der Waals surface area contributed by atoms with Gasteiger partial charge in [-0.05, 0) is 58.3 Å². The molecule has 0 aromatic carbocycles. The average Bonchev–Trinajstić information content (AvgIpc) is 2.12.